The second-order valence-corrected chi connectivity index (χ2v) is 6.04. The first kappa shape index (κ1) is 15.7. The minimum absolute atomic E-state index is 0.0190. The monoisotopic (exact) mass is 306 g/mol. The molecule has 3 rings (SSSR count). The van der Waals surface area contributed by atoms with Crippen LogP contribution in [0.2, 0.25) is 0 Å². The quantitative estimate of drug-likeness (QED) is 0.857. The third kappa shape index (κ3) is 4.19. The van der Waals surface area contributed by atoms with Crippen molar-refractivity contribution < 1.29 is 5.11 Å². The zero-order chi connectivity index (χ0) is 16.0. The van der Waals surface area contributed by atoms with Crippen LogP contribution in [0.15, 0.2) is 54.7 Å². The van der Waals surface area contributed by atoms with Gasteiger partial charge in [0.1, 0.15) is 5.60 Å². The number of aromatic nitrogens is 1. The smallest absolute Gasteiger partial charge is 0.141 e. The Morgan fingerprint density at radius 2 is 1.96 bits per heavy atom. The maximum absolute atomic E-state index is 11.0. The van der Waals surface area contributed by atoms with E-state index in [0.29, 0.717) is 13.0 Å². The van der Waals surface area contributed by atoms with Gasteiger partial charge in [0.2, 0.25) is 0 Å². The Bertz CT molecular complexity index is 675. The van der Waals surface area contributed by atoms with Gasteiger partial charge in [0, 0.05) is 24.3 Å². The molecule has 1 aliphatic rings. The number of rotatable bonds is 3. The normalized spacial score (nSPS) is 23.8. The van der Waals surface area contributed by atoms with Gasteiger partial charge in [-0.3, -0.25) is 4.98 Å². The average Bonchev–Trinajstić information content (AvgIpc) is 2.61. The molecule has 1 saturated carbocycles. The Kier molecular flexibility index (Phi) is 5.07. The van der Waals surface area contributed by atoms with E-state index >= 15 is 0 Å². The molecule has 1 aromatic carbocycles. The molecule has 23 heavy (non-hydrogen) atoms. The van der Waals surface area contributed by atoms with E-state index in [9.17, 15) is 5.11 Å². The number of pyridine rings is 1. The van der Waals surface area contributed by atoms with E-state index in [-0.39, 0.29) is 6.04 Å². The van der Waals surface area contributed by atoms with E-state index in [4.69, 9.17) is 0 Å². The Morgan fingerprint density at radius 3 is 2.74 bits per heavy atom. The lowest BCUT2D eigenvalue weighted by Crippen LogP contribution is -2.51. The minimum Gasteiger partial charge on any atom is -0.376 e. The standard InChI is InChI=1S/C20H22N2O/c23-20(14-12-17-8-2-1-3-9-17)13-6-4-11-19(20)22-16-18-10-5-7-15-21-18/h1-3,5,7-10,15,19,22-23H,4,6,11,13,16H2/t19?,20-/m1/s1. The van der Waals surface area contributed by atoms with Crippen molar-refractivity contribution in [1.82, 2.24) is 10.3 Å². The molecular formula is C20H22N2O. The van der Waals surface area contributed by atoms with Crippen LogP contribution in [0.25, 0.3) is 0 Å². The van der Waals surface area contributed by atoms with Crippen molar-refractivity contribution >= 4 is 0 Å². The third-order valence-electron chi connectivity index (χ3n) is 4.33. The van der Waals surface area contributed by atoms with Crippen LogP contribution >= 0.6 is 0 Å². The molecule has 1 unspecified atom stereocenters. The SMILES string of the molecule is O[C@@]1(C#Cc2ccccc2)CCCCC1NCc1ccccn1. The summed E-state index contributed by atoms with van der Waals surface area (Å²) in [6.45, 7) is 0.654. The van der Waals surface area contributed by atoms with Gasteiger partial charge in [-0.1, -0.05) is 42.5 Å². The van der Waals surface area contributed by atoms with Gasteiger partial charge in [-0.2, -0.15) is 0 Å². The molecule has 0 amide bonds. The van der Waals surface area contributed by atoms with Crippen LogP contribution in [0.3, 0.4) is 0 Å². The second kappa shape index (κ2) is 7.41. The fourth-order valence-electron chi connectivity index (χ4n) is 3.01. The third-order valence-corrected chi connectivity index (χ3v) is 4.33. The van der Waals surface area contributed by atoms with E-state index in [1.54, 1.807) is 6.20 Å². The summed E-state index contributed by atoms with van der Waals surface area (Å²) in [4.78, 5) is 4.32. The first-order valence-electron chi connectivity index (χ1n) is 8.20. The van der Waals surface area contributed by atoms with Gasteiger partial charge in [-0.15, -0.1) is 0 Å². The summed E-state index contributed by atoms with van der Waals surface area (Å²) in [5.41, 5.74) is 0.953. The minimum atomic E-state index is -0.969. The van der Waals surface area contributed by atoms with Gasteiger partial charge in [0.25, 0.3) is 0 Å². The molecule has 118 valence electrons. The van der Waals surface area contributed by atoms with Gasteiger partial charge in [0.05, 0.1) is 5.69 Å². The molecule has 3 nitrogen and oxygen atoms in total. The number of hydrogen-bond donors (Lipinski definition) is 2. The van der Waals surface area contributed by atoms with Gasteiger partial charge in [-0.25, -0.2) is 0 Å². The molecule has 2 N–H and O–H groups in total. The molecule has 1 fully saturated rings. The highest BCUT2D eigenvalue weighted by Gasteiger charge is 2.37. The zero-order valence-electron chi connectivity index (χ0n) is 13.2. The largest absolute Gasteiger partial charge is 0.376 e. The van der Waals surface area contributed by atoms with Gasteiger partial charge < -0.3 is 10.4 Å². The van der Waals surface area contributed by atoms with Gasteiger partial charge in [0.15, 0.2) is 0 Å². The van der Waals surface area contributed by atoms with Crippen LogP contribution in [-0.4, -0.2) is 21.7 Å². The molecule has 0 saturated heterocycles. The van der Waals surface area contributed by atoms with Crippen molar-refractivity contribution in [2.75, 3.05) is 0 Å². The van der Waals surface area contributed by atoms with E-state index in [0.717, 1.165) is 30.5 Å². The lowest BCUT2D eigenvalue weighted by molar-refractivity contribution is 0.0252. The molecule has 2 aromatic rings. The van der Waals surface area contributed by atoms with Crippen LogP contribution in [-0.2, 0) is 6.54 Å². The summed E-state index contributed by atoms with van der Waals surface area (Å²) < 4.78 is 0. The molecule has 0 radical (unpaired) electrons. The average molecular weight is 306 g/mol. The van der Waals surface area contributed by atoms with Crippen LogP contribution in [0, 0.1) is 11.8 Å². The highest BCUT2D eigenvalue weighted by molar-refractivity contribution is 5.37. The summed E-state index contributed by atoms with van der Waals surface area (Å²) in [5, 5.41) is 14.5. The van der Waals surface area contributed by atoms with E-state index in [1.807, 2.05) is 48.5 Å². The number of hydrogen-bond acceptors (Lipinski definition) is 3. The zero-order valence-corrected chi connectivity index (χ0v) is 13.2. The molecule has 0 bridgehead atoms. The number of nitrogens with one attached hydrogen (secondary N) is 1. The van der Waals surface area contributed by atoms with Gasteiger partial charge >= 0.3 is 0 Å². The predicted molar refractivity (Wildman–Crippen MR) is 91.6 cm³/mol. The number of nitrogens with zero attached hydrogens (tertiary/aromatic N) is 1. The highest BCUT2D eigenvalue weighted by atomic mass is 16.3. The Hall–Kier alpha value is -2.15. The van der Waals surface area contributed by atoms with Crippen LogP contribution in [0.1, 0.15) is 36.9 Å². The van der Waals surface area contributed by atoms with E-state index in [2.05, 4.69) is 22.1 Å². The van der Waals surface area contributed by atoms with Crippen molar-refractivity contribution in [2.24, 2.45) is 0 Å². The fraction of sp³-hybridized carbons (Fsp3) is 0.350. The Labute approximate surface area is 137 Å². The Morgan fingerprint density at radius 1 is 1.13 bits per heavy atom. The first-order valence-corrected chi connectivity index (χ1v) is 8.20. The van der Waals surface area contributed by atoms with Crippen molar-refractivity contribution in [2.45, 2.75) is 43.9 Å². The first-order chi connectivity index (χ1) is 11.3. The predicted octanol–water partition coefficient (Wildman–Crippen LogP) is 2.90. The number of benzene rings is 1. The van der Waals surface area contributed by atoms with Crippen LogP contribution < -0.4 is 5.32 Å². The summed E-state index contributed by atoms with van der Waals surface area (Å²) in [6, 6.07) is 15.7. The highest BCUT2D eigenvalue weighted by Crippen LogP contribution is 2.28. The van der Waals surface area contributed by atoms with Crippen molar-refractivity contribution in [1.29, 1.82) is 0 Å². The maximum Gasteiger partial charge on any atom is 0.141 e. The molecule has 3 heteroatoms. The maximum atomic E-state index is 11.0. The Balaban J connectivity index is 1.71. The van der Waals surface area contributed by atoms with Crippen molar-refractivity contribution in [3.8, 4) is 11.8 Å². The van der Waals surface area contributed by atoms with Crippen LogP contribution in [0.4, 0.5) is 0 Å². The summed E-state index contributed by atoms with van der Waals surface area (Å²) in [6.07, 6.45) is 5.58. The molecule has 1 heterocycles. The topological polar surface area (TPSA) is 45.1 Å². The second-order valence-electron chi connectivity index (χ2n) is 6.04. The van der Waals surface area contributed by atoms with Gasteiger partial charge in [-0.05, 0) is 43.5 Å². The molecule has 1 aliphatic carbocycles. The summed E-state index contributed by atoms with van der Waals surface area (Å²) in [5.74, 6) is 6.25. The van der Waals surface area contributed by atoms with Crippen molar-refractivity contribution in [3.63, 3.8) is 0 Å². The van der Waals surface area contributed by atoms with Crippen LogP contribution in [0.5, 0.6) is 0 Å². The summed E-state index contributed by atoms with van der Waals surface area (Å²) >= 11 is 0. The van der Waals surface area contributed by atoms with E-state index in [1.165, 1.54) is 0 Å². The van der Waals surface area contributed by atoms with Crippen molar-refractivity contribution in [3.05, 3.63) is 66.0 Å². The fourth-order valence-corrected chi connectivity index (χ4v) is 3.01. The molecular weight excluding hydrogens is 284 g/mol. The molecule has 1 aromatic heterocycles. The molecule has 0 aliphatic heterocycles. The lowest BCUT2D eigenvalue weighted by atomic mass is 9.80. The molecule has 2 atom stereocenters. The lowest BCUT2D eigenvalue weighted by Gasteiger charge is -2.36. The number of aliphatic hydroxyl groups is 1. The summed E-state index contributed by atoms with van der Waals surface area (Å²) in [7, 11) is 0. The molecule has 0 spiro atoms. The van der Waals surface area contributed by atoms with E-state index < -0.39 is 5.60 Å².